The van der Waals surface area contributed by atoms with E-state index in [1.54, 1.807) is 0 Å². The summed E-state index contributed by atoms with van der Waals surface area (Å²) in [4.78, 5) is 13.4. The fraction of sp³-hybridized carbons (Fsp3) is 0.435. The number of halogens is 4. The summed E-state index contributed by atoms with van der Waals surface area (Å²) in [6.07, 6.45) is 3.75. The summed E-state index contributed by atoms with van der Waals surface area (Å²) in [5, 5.41) is 0. The Bertz CT molecular complexity index is 738. The molecule has 0 bridgehead atoms. The van der Waals surface area contributed by atoms with E-state index < -0.39 is 35.1 Å². The second-order valence-corrected chi connectivity index (χ2v) is 7.12. The number of carbonyl (C=O) groups excluding carboxylic acids is 1. The highest BCUT2D eigenvalue weighted by atomic mass is 19.1. The minimum absolute atomic E-state index is 0.129. The minimum atomic E-state index is -0.799. The van der Waals surface area contributed by atoms with Gasteiger partial charge in [0.15, 0.2) is 0 Å². The number of hydrogen-bond acceptors (Lipinski definition) is 1. The Morgan fingerprint density at radius 3 is 1.46 bits per heavy atom. The van der Waals surface area contributed by atoms with Crippen molar-refractivity contribution in [2.45, 2.75) is 64.2 Å². The molecule has 2 rings (SSSR count). The molecule has 0 aliphatic carbocycles. The topological polar surface area (TPSA) is 17.1 Å². The summed E-state index contributed by atoms with van der Waals surface area (Å²) in [7, 11) is 0. The fourth-order valence-electron chi connectivity index (χ4n) is 3.53. The maximum absolute atomic E-state index is 14.4. The Balaban J connectivity index is 2.46. The highest BCUT2D eigenvalue weighted by Gasteiger charge is 2.32. The third kappa shape index (κ3) is 5.43. The van der Waals surface area contributed by atoms with Crippen LogP contribution in [0.3, 0.4) is 0 Å². The average Bonchev–Trinajstić information content (AvgIpc) is 2.65. The van der Waals surface area contributed by atoms with Gasteiger partial charge in [0.25, 0.3) is 0 Å². The quantitative estimate of drug-likeness (QED) is 0.394. The second kappa shape index (κ2) is 10.4. The van der Waals surface area contributed by atoms with Crippen LogP contribution in [-0.4, -0.2) is 5.78 Å². The van der Waals surface area contributed by atoms with Gasteiger partial charge in [-0.3, -0.25) is 4.79 Å². The zero-order valence-electron chi connectivity index (χ0n) is 16.3. The molecule has 0 aromatic heterocycles. The van der Waals surface area contributed by atoms with E-state index in [0.717, 1.165) is 37.1 Å². The lowest BCUT2D eigenvalue weighted by atomic mass is 9.78. The van der Waals surface area contributed by atoms with Crippen LogP contribution in [0, 0.1) is 23.3 Å². The van der Waals surface area contributed by atoms with Crippen LogP contribution < -0.4 is 0 Å². The molecule has 0 saturated heterocycles. The van der Waals surface area contributed by atoms with Crippen molar-refractivity contribution < 1.29 is 22.4 Å². The van der Waals surface area contributed by atoms with Crippen molar-refractivity contribution in [1.29, 1.82) is 0 Å². The molecule has 0 amide bonds. The normalized spacial score (nSPS) is 13.4. The Morgan fingerprint density at radius 1 is 0.750 bits per heavy atom. The van der Waals surface area contributed by atoms with E-state index >= 15 is 0 Å². The lowest BCUT2D eigenvalue weighted by molar-refractivity contribution is -0.122. The lowest BCUT2D eigenvalue weighted by Gasteiger charge is -2.24. The van der Waals surface area contributed by atoms with E-state index in [-0.39, 0.29) is 16.9 Å². The lowest BCUT2D eigenvalue weighted by Crippen LogP contribution is -2.23. The molecule has 0 radical (unpaired) electrons. The van der Waals surface area contributed by atoms with E-state index in [1.165, 1.54) is 12.1 Å². The van der Waals surface area contributed by atoms with Crippen molar-refractivity contribution in [2.75, 3.05) is 0 Å². The predicted octanol–water partition coefficient (Wildman–Crippen LogP) is 7.06. The molecule has 0 spiro atoms. The zero-order valence-corrected chi connectivity index (χ0v) is 16.3. The molecule has 0 fully saturated rings. The number of Topliss-reactive ketones (excluding diaryl/α,β-unsaturated/α-hetero) is 1. The zero-order chi connectivity index (χ0) is 20.7. The van der Waals surface area contributed by atoms with Crippen molar-refractivity contribution in [2.24, 2.45) is 0 Å². The Morgan fingerprint density at radius 2 is 1.14 bits per heavy atom. The molecule has 152 valence electrons. The first-order chi connectivity index (χ1) is 13.4. The molecule has 2 aromatic rings. The largest absolute Gasteiger partial charge is 0.298 e. The second-order valence-electron chi connectivity index (χ2n) is 7.12. The SMILES string of the molecule is CCCCC(C(=O)C(CCCC)c1ccc(F)cc1F)c1ccc(F)cc1F. The van der Waals surface area contributed by atoms with Gasteiger partial charge < -0.3 is 0 Å². The van der Waals surface area contributed by atoms with Crippen LogP contribution in [0.25, 0.3) is 0 Å². The monoisotopic (exact) mass is 394 g/mol. The van der Waals surface area contributed by atoms with Crippen molar-refractivity contribution in [1.82, 2.24) is 0 Å². The number of carbonyl (C=O) groups is 1. The minimum Gasteiger partial charge on any atom is -0.298 e. The molecular weight excluding hydrogens is 368 g/mol. The highest BCUT2D eigenvalue weighted by Crippen LogP contribution is 2.35. The predicted molar refractivity (Wildman–Crippen MR) is 102 cm³/mol. The van der Waals surface area contributed by atoms with Crippen molar-refractivity contribution in [3.63, 3.8) is 0 Å². The number of unbranched alkanes of at least 4 members (excludes halogenated alkanes) is 2. The van der Waals surface area contributed by atoms with Crippen LogP contribution in [0.1, 0.15) is 75.3 Å². The molecule has 2 aromatic carbocycles. The smallest absolute Gasteiger partial charge is 0.147 e. The molecule has 0 N–H and O–H groups in total. The van der Waals surface area contributed by atoms with E-state index in [4.69, 9.17) is 0 Å². The molecule has 5 heteroatoms. The van der Waals surface area contributed by atoms with E-state index in [2.05, 4.69) is 0 Å². The van der Waals surface area contributed by atoms with Gasteiger partial charge in [0.2, 0.25) is 0 Å². The molecule has 28 heavy (non-hydrogen) atoms. The van der Waals surface area contributed by atoms with Gasteiger partial charge in [-0.2, -0.15) is 0 Å². The molecule has 0 saturated carbocycles. The van der Waals surface area contributed by atoms with Crippen LogP contribution in [0.4, 0.5) is 17.6 Å². The van der Waals surface area contributed by atoms with Crippen LogP contribution in [0.15, 0.2) is 36.4 Å². The van der Waals surface area contributed by atoms with Gasteiger partial charge >= 0.3 is 0 Å². The van der Waals surface area contributed by atoms with Gasteiger partial charge in [-0.1, -0.05) is 51.7 Å². The van der Waals surface area contributed by atoms with E-state index in [0.29, 0.717) is 25.7 Å². The van der Waals surface area contributed by atoms with Crippen LogP contribution in [-0.2, 0) is 4.79 Å². The van der Waals surface area contributed by atoms with Gasteiger partial charge in [-0.25, -0.2) is 17.6 Å². The van der Waals surface area contributed by atoms with E-state index in [9.17, 15) is 22.4 Å². The Hall–Kier alpha value is -2.17. The van der Waals surface area contributed by atoms with E-state index in [1.807, 2.05) is 13.8 Å². The van der Waals surface area contributed by atoms with Gasteiger partial charge in [0.1, 0.15) is 29.1 Å². The maximum Gasteiger partial charge on any atom is 0.147 e. The number of ketones is 1. The molecule has 1 nitrogen and oxygen atoms in total. The summed E-state index contributed by atoms with van der Waals surface area (Å²) in [5.74, 6) is -4.88. The first-order valence-corrected chi connectivity index (χ1v) is 9.82. The first-order valence-electron chi connectivity index (χ1n) is 9.82. The molecular formula is C23H26F4O. The molecule has 0 heterocycles. The van der Waals surface area contributed by atoms with Gasteiger partial charge in [-0.15, -0.1) is 0 Å². The van der Waals surface area contributed by atoms with Gasteiger partial charge in [0.05, 0.1) is 0 Å². The molecule has 2 atom stereocenters. The average molecular weight is 394 g/mol. The van der Waals surface area contributed by atoms with Gasteiger partial charge in [-0.05, 0) is 36.1 Å². The summed E-state index contributed by atoms with van der Waals surface area (Å²) in [5.41, 5.74) is 0.257. The summed E-state index contributed by atoms with van der Waals surface area (Å²) in [6.45, 7) is 3.91. The molecule has 2 unspecified atom stereocenters. The fourth-order valence-corrected chi connectivity index (χ4v) is 3.53. The number of hydrogen-bond donors (Lipinski definition) is 0. The summed E-state index contributed by atoms with van der Waals surface area (Å²) >= 11 is 0. The summed E-state index contributed by atoms with van der Waals surface area (Å²) in [6, 6.07) is 6.37. The van der Waals surface area contributed by atoms with Crippen LogP contribution in [0.2, 0.25) is 0 Å². The highest BCUT2D eigenvalue weighted by molar-refractivity contribution is 5.91. The van der Waals surface area contributed by atoms with Crippen molar-refractivity contribution in [3.05, 3.63) is 70.8 Å². The summed E-state index contributed by atoms with van der Waals surface area (Å²) < 4.78 is 55.5. The van der Waals surface area contributed by atoms with Crippen molar-refractivity contribution >= 4 is 5.78 Å². The molecule has 0 aliphatic rings. The van der Waals surface area contributed by atoms with Crippen LogP contribution >= 0.6 is 0 Å². The Labute approximate surface area is 163 Å². The molecule has 0 aliphatic heterocycles. The van der Waals surface area contributed by atoms with Crippen molar-refractivity contribution in [3.8, 4) is 0 Å². The van der Waals surface area contributed by atoms with Gasteiger partial charge in [0, 0.05) is 24.0 Å². The third-order valence-electron chi connectivity index (χ3n) is 5.06. The number of rotatable bonds is 10. The van der Waals surface area contributed by atoms with Crippen LogP contribution in [0.5, 0.6) is 0 Å². The maximum atomic E-state index is 14.4. The number of benzene rings is 2. The standard InChI is InChI=1S/C23H26F4O/c1-3-5-7-19(17-11-9-15(24)13-21(17)26)23(28)20(8-6-4-2)18-12-10-16(25)14-22(18)27/h9-14,19-20H,3-8H2,1-2H3. The first kappa shape index (κ1) is 22.1. The Kier molecular flexibility index (Phi) is 8.21. The third-order valence-corrected chi connectivity index (χ3v) is 5.06.